The maximum Gasteiger partial charge on any atom is 0.273 e. The van der Waals surface area contributed by atoms with E-state index in [1.165, 1.54) is 6.20 Å². The highest BCUT2D eigenvalue weighted by molar-refractivity contribution is 7.94. The van der Waals surface area contributed by atoms with Gasteiger partial charge in [0, 0.05) is 6.20 Å². The van der Waals surface area contributed by atoms with E-state index in [1.807, 2.05) is 0 Å². The molecule has 0 amide bonds. The van der Waals surface area contributed by atoms with Crippen LogP contribution in [0.3, 0.4) is 0 Å². The molecule has 0 saturated heterocycles. The first-order chi connectivity index (χ1) is 8.40. The highest BCUT2D eigenvalue weighted by Crippen LogP contribution is 2.27. The molecule has 5 nitrogen and oxygen atoms in total. The third kappa shape index (κ3) is 2.63. The van der Waals surface area contributed by atoms with Crippen LogP contribution in [0.25, 0.3) is 0 Å². The Labute approximate surface area is 114 Å². The Morgan fingerprint density at radius 3 is 2.67 bits per heavy atom. The van der Waals surface area contributed by atoms with Gasteiger partial charge in [-0.15, -0.1) is 11.3 Å². The Morgan fingerprint density at radius 1 is 1.39 bits per heavy atom. The van der Waals surface area contributed by atoms with Crippen LogP contribution in [0, 0.1) is 13.8 Å². The fourth-order valence-electron chi connectivity index (χ4n) is 1.42. The topological polar surface area (TPSA) is 72.0 Å². The lowest BCUT2D eigenvalue weighted by molar-refractivity contribution is 0.602. The van der Waals surface area contributed by atoms with Crippen LogP contribution in [0.1, 0.15) is 10.7 Å². The molecule has 0 aliphatic heterocycles. The number of aryl methyl sites for hydroxylation is 2. The van der Waals surface area contributed by atoms with Crippen molar-refractivity contribution in [1.29, 1.82) is 0 Å². The molecule has 8 heteroatoms. The average Bonchev–Trinajstić information content (AvgIpc) is 2.62. The molecule has 96 valence electrons. The van der Waals surface area contributed by atoms with Crippen LogP contribution >= 0.6 is 22.9 Å². The van der Waals surface area contributed by atoms with E-state index >= 15 is 0 Å². The van der Waals surface area contributed by atoms with Crippen LogP contribution in [0.2, 0.25) is 5.15 Å². The summed E-state index contributed by atoms with van der Waals surface area (Å²) in [5.74, 6) is 0. The van der Waals surface area contributed by atoms with Crippen LogP contribution < -0.4 is 4.72 Å². The SMILES string of the molecule is Cc1nc(C)c(S(=O)(=O)Nc2cccnc2Cl)s1. The molecule has 0 bridgehead atoms. The van der Waals surface area contributed by atoms with Crippen molar-refractivity contribution in [3.8, 4) is 0 Å². The molecule has 0 saturated carbocycles. The van der Waals surface area contributed by atoms with Crippen molar-refractivity contribution in [2.45, 2.75) is 18.1 Å². The molecular weight excluding hydrogens is 294 g/mol. The predicted molar refractivity (Wildman–Crippen MR) is 71.6 cm³/mol. The van der Waals surface area contributed by atoms with Gasteiger partial charge >= 0.3 is 0 Å². The second-order valence-electron chi connectivity index (χ2n) is 3.55. The van der Waals surface area contributed by atoms with Gasteiger partial charge < -0.3 is 0 Å². The summed E-state index contributed by atoms with van der Waals surface area (Å²) in [6, 6.07) is 3.16. The van der Waals surface area contributed by atoms with E-state index in [2.05, 4.69) is 14.7 Å². The molecule has 0 unspecified atom stereocenters. The van der Waals surface area contributed by atoms with Crippen LogP contribution in [-0.4, -0.2) is 18.4 Å². The molecule has 0 radical (unpaired) electrons. The first kappa shape index (κ1) is 13.3. The zero-order chi connectivity index (χ0) is 13.3. The molecule has 0 aromatic carbocycles. The van der Waals surface area contributed by atoms with Gasteiger partial charge in [-0.25, -0.2) is 18.4 Å². The van der Waals surface area contributed by atoms with Crippen molar-refractivity contribution in [3.63, 3.8) is 0 Å². The minimum Gasteiger partial charge on any atom is -0.276 e. The number of sulfonamides is 1. The molecule has 0 aliphatic rings. The number of nitrogens with zero attached hydrogens (tertiary/aromatic N) is 2. The van der Waals surface area contributed by atoms with Gasteiger partial charge in [-0.05, 0) is 26.0 Å². The summed E-state index contributed by atoms with van der Waals surface area (Å²) in [5, 5.41) is 0.810. The van der Waals surface area contributed by atoms with Crippen molar-refractivity contribution in [2.75, 3.05) is 4.72 Å². The van der Waals surface area contributed by atoms with Crippen molar-refractivity contribution in [2.24, 2.45) is 0 Å². The zero-order valence-corrected chi connectivity index (χ0v) is 12.0. The molecule has 2 aromatic rings. The van der Waals surface area contributed by atoms with Gasteiger partial charge in [0.25, 0.3) is 10.0 Å². The Hall–Kier alpha value is -1.18. The van der Waals surface area contributed by atoms with Gasteiger partial charge in [-0.1, -0.05) is 11.6 Å². The number of nitrogens with one attached hydrogen (secondary N) is 1. The molecule has 2 heterocycles. The third-order valence-electron chi connectivity index (χ3n) is 2.11. The minimum atomic E-state index is -3.66. The standard InChI is InChI=1S/C10H10ClN3O2S2/c1-6-10(17-7(2)13-6)18(15,16)14-8-4-3-5-12-9(8)11/h3-5,14H,1-2H3. The van der Waals surface area contributed by atoms with Gasteiger partial charge in [-0.2, -0.15) is 0 Å². The monoisotopic (exact) mass is 303 g/mol. The summed E-state index contributed by atoms with van der Waals surface area (Å²) in [7, 11) is -3.66. The van der Waals surface area contributed by atoms with Gasteiger partial charge in [-0.3, -0.25) is 4.72 Å². The van der Waals surface area contributed by atoms with Crippen LogP contribution in [0.5, 0.6) is 0 Å². The minimum absolute atomic E-state index is 0.111. The van der Waals surface area contributed by atoms with Crippen LogP contribution in [0.4, 0.5) is 5.69 Å². The highest BCUT2D eigenvalue weighted by Gasteiger charge is 2.21. The Morgan fingerprint density at radius 2 is 2.11 bits per heavy atom. The number of hydrogen-bond donors (Lipinski definition) is 1. The first-order valence-electron chi connectivity index (χ1n) is 4.97. The van der Waals surface area contributed by atoms with E-state index in [-0.39, 0.29) is 15.0 Å². The van der Waals surface area contributed by atoms with Crippen molar-refractivity contribution >= 4 is 38.6 Å². The molecule has 1 N–H and O–H groups in total. The Bertz CT molecular complexity index is 682. The normalized spacial score (nSPS) is 11.5. The number of anilines is 1. The number of halogens is 1. The van der Waals surface area contributed by atoms with Gasteiger partial charge in [0.05, 0.1) is 16.4 Å². The second-order valence-corrected chi connectivity index (χ2v) is 6.99. The third-order valence-corrected chi connectivity index (χ3v) is 5.46. The number of hydrogen-bond acceptors (Lipinski definition) is 5. The van der Waals surface area contributed by atoms with Crippen molar-refractivity contribution in [1.82, 2.24) is 9.97 Å². The summed E-state index contributed by atoms with van der Waals surface area (Å²) >= 11 is 6.93. The molecule has 2 rings (SSSR count). The second kappa shape index (κ2) is 4.83. The number of aromatic nitrogens is 2. The van der Waals surface area contributed by atoms with E-state index in [1.54, 1.807) is 26.0 Å². The molecule has 0 spiro atoms. The lowest BCUT2D eigenvalue weighted by atomic mass is 10.4. The largest absolute Gasteiger partial charge is 0.276 e. The Kier molecular flexibility index (Phi) is 3.56. The quantitative estimate of drug-likeness (QED) is 0.885. The first-order valence-corrected chi connectivity index (χ1v) is 7.65. The van der Waals surface area contributed by atoms with Crippen molar-refractivity contribution in [3.05, 3.63) is 34.2 Å². The number of pyridine rings is 1. The van der Waals surface area contributed by atoms with Gasteiger partial charge in [0.2, 0.25) is 0 Å². The van der Waals surface area contributed by atoms with E-state index in [9.17, 15) is 8.42 Å². The maximum absolute atomic E-state index is 12.2. The molecule has 0 aliphatic carbocycles. The summed E-state index contributed by atoms with van der Waals surface area (Å²) in [6.45, 7) is 3.41. The maximum atomic E-state index is 12.2. The van der Waals surface area contributed by atoms with E-state index in [0.717, 1.165) is 11.3 Å². The molecular formula is C10H10ClN3O2S2. The molecule has 0 atom stereocenters. The number of rotatable bonds is 3. The summed E-state index contributed by atoms with van der Waals surface area (Å²) in [5.41, 5.74) is 0.731. The van der Waals surface area contributed by atoms with Crippen LogP contribution in [0.15, 0.2) is 22.5 Å². The summed E-state index contributed by atoms with van der Waals surface area (Å²) in [6.07, 6.45) is 1.49. The lowest BCUT2D eigenvalue weighted by Gasteiger charge is -2.07. The summed E-state index contributed by atoms with van der Waals surface area (Å²) in [4.78, 5) is 7.90. The average molecular weight is 304 g/mol. The van der Waals surface area contributed by atoms with Crippen molar-refractivity contribution < 1.29 is 8.42 Å². The zero-order valence-electron chi connectivity index (χ0n) is 9.64. The fraction of sp³-hybridized carbons (Fsp3) is 0.200. The fourth-order valence-corrected chi connectivity index (χ4v) is 4.19. The van der Waals surface area contributed by atoms with Crippen LogP contribution in [-0.2, 0) is 10.0 Å². The predicted octanol–water partition coefficient (Wildman–Crippen LogP) is 2.61. The lowest BCUT2D eigenvalue weighted by Crippen LogP contribution is -2.13. The highest BCUT2D eigenvalue weighted by atomic mass is 35.5. The molecule has 18 heavy (non-hydrogen) atoms. The van der Waals surface area contributed by atoms with E-state index < -0.39 is 10.0 Å². The molecule has 0 fully saturated rings. The van der Waals surface area contributed by atoms with E-state index in [0.29, 0.717) is 10.7 Å². The smallest absolute Gasteiger partial charge is 0.273 e. The summed E-state index contributed by atoms with van der Waals surface area (Å²) < 4.78 is 26.9. The van der Waals surface area contributed by atoms with Gasteiger partial charge in [0.15, 0.2) is 9.36 Å². The molecule has 2 aromatic heterocycles. The van der Waals surface area contributed by atoms with E-state index in [4.69, 9.17) is 11.6 Å². The van der Waals surface area contributed by atoms with Gasteiger partial charge in [0.1, 0.15) is 0 Å². The number of thiazole rings is 1. The Balaban J connectivity index is 2.40.